The summed E-state index contributed by atoms with van der Waals surface area (Å²) in [5.41, 5.74) is 4.04. The Balaban J connectivity index is 1.95. The van der Waals surface area contributed by atoms with Gasteiger partial charge in [0.1, 0.15) is 12.7 Å². The molecular weight excluding hydrogens is 236 g/mol. The number of nitrogens with zero attached hydrogens (tertiary/aromatic N) is 4. The monoisotopic (exact) mass is 250 g/mol. The Morgan fingerprint density at radius 1 is 1.39 bits per heavy atom. The summed E-state index contributed by atoms with van der Waals surface area (Å²) in [4.78, 5) is 25.8. The van der Waals surface area contributed by atoms with Crippen LogP contribution in [0.2, 0.25) is 0 Å². The van der Waals surface area contributed by atoms with E-state index in [1.54, 1.807) is 4.57 Å². The van der Waals surface area contributed by atoms with Crippen LogP contribution in [0.15, 0.2) is 17.4 Å². The van der Waals surface area contributed by atoms with Crippen LogP contribution in [0.5, 0.6) is 0 Å². The lowest BCUT2D eigenvalue weighted by atomic mass is 10.3. The number of imidazole rings is 1. The Morgan fingerprint density at radius 3 is 2.61 bits per heavy atom. The molecule has 0 aromatic carbocycles. The van der Waals surface area contributed by atoms with E-state index in [9.17, 15) is 9.59 Å². The molecular formula is C10H14N6O2. The van der Waals surface area contributed by atoms with Crippen LogP contribution in [-0.2, 0) is 11.3 Å². The maximum atomic E-state index is 11.6. The van der Waals surface area contributed by atoms with Crippen LogP contribution in [0, 0.1) is 13.8 Å². The van der Waals surface area contributed by atoms with Crippen LogP contribution >= 0.6 is 0 Å². The van der Waals surface area contributed by atoms with Gasteiger partial charge in [-0.1, -0.05) is 0 Å². The minimum Gasteiger partial charge on any atom is -0.310 e. The van der Waals surface area contributed by atoms with E-state index in [-0.39, 0.29) is 18.0 Å². The van der Waals surface area contributed by atoms with E-state index in [1.165, 1.54) is 17.3 Å². The van der Waals surface area contributed by atoms with Gasteiger partial charge in [0.15, 0.2) is 0 Å². The lowest BCUT2D eigenvalue weighted by Crippen LogP contribution is -2.25. The number of rotatable bonds is 4. The van der Waals surface area contributed by atoms with Gasteiger partial charge in [-0.2, -0.15) is 0 Å². The largest absolute Gasteiger partial charge is 0.325 e. The van der Waals surface area contributed by atoms with Crippen LogP contribution in [-0.4, -0.2) is 30.3 Å². The second-order valence-corrected chi connectivity index (χ2v) is 3.95. The molecule has 2 heterocycles. The summed E-state index contributed by atoms with van der Waals surface area (Å²) in [7, 11) is 0. The highest BCUT2D eigenvalue weighted by Gasteiger charge is 2.08. The number of hydrogen-bond donors (Lipinski definition) is 2. The first-order chi connectivity index (χ1) is 8.58. The van der Waals surface area contributed by atoms with Crippen molar-refractivity contribution >= 4 is 5.91 Å². The van der Waals surface area contributed by atoms with Crippen LogP contribution in [0.4, 0.5) is 0 Å². The van der Waals surface area contributed by atoms with E-state index in [0.29, 0.717) is 6.54 Å². The minimum atomic E-state index is -0.208. The van der Waals surface area contributed by atoms with Gasteiger partial charge in [0.25, 0.3) is 0 Å². The molecule has 0 atom stereocenters. The molecule has 0 aliphatic rings. The highest BCUT2D eigenvalue weighted by Crippen LogP contribution is 2.01. The van der Waals surface area contributed by atoms with Crippen molar-refractivity contribution in [2.75, 3.05) is 5.43 Å². The molecule has 0 aliphatic carbocycles. The number of amides is 1. The zero-order chi connectivity index (χ0) is 13.1. The molecule has 0 radical (unpaired) electrons. The van der Waals surface area contributed by atoms with Gasteiger partial charge in [-0.15, -0.1) is 10.2 Å². The molecule has 2 aromatic rings. The van der Waals surface area contributed by atoms with Gasteiger partial charge in [-0.05, 0) is 13.8 Å². The fourth-order valence-corrected chi connectivity index (χ4v) is 1.61. The Hall–Kier alpha value is -2.38. The zero-order valence-electron chi connectivity index (χ0n) is 10.2. The molecule has 8 heteroatoms. The number of hydrogen-bond acceptors (Lipinski definition) is 4. The second-order valence-electron chi connectivity index (χ2n) is 3.95. The second kappa shape index (κ2) is 4.86. The van der Waals surface area contributed by atoms with Gasteiger partial charge in [0.2, 0.25) is 5.91 Å². The molecule has 2 rings (SSSR count). The SMILES string of the molecule is Cc1[nH]c(=O)n(CCC(=O)Nn2cnnc2)c1C. The first-order valence-electron chi connectivity index (χ1n) is 5.48. The predicted molar refractivity (Wildman–Crippen MR) is 63.5 cm³/mol. The summed E-state index contributed by atoms with van der Waals surface area (Å²) in [5.74, 6) is -0.208. The van der Waals surface area contributed by atoms with Crippen LogP contribution in [0.3, 0.4) is 0 Å². The molecule has 1 amide bonds. The number of aryl methyl sites for hydroxylation is 1. The standard InChI is InChI=1S/C10H14N6O2/c1-7-8(2)16(10(18)13-7)4-3-9(17)14-15-5-11-12-6-15/h5-6H,3-4H2,1-2H3,(H,13,18)(H,14,17). The third kappa shape index (κ3) is 2.47. The molecule has 0 bridgehead atoms. The van der Waals surface area contributed by atoms with E-state index in [0.717, 1.165) is 11.4 Å². The van der Waals surface area contributed by atoms with Crippen molar-refractivity contribution < 1.29 is 4.79 Å². The van der Waals surface area contributed by atoms with Crippen LogP contribution < -0.4 is 11.1 Å². The number of carbonyl (C=O) groups is 1. The Bertz CT molecular complexity index is 594. The van der Waals surface area contributed by atoms with Crippen molar-refractivity contribution in [3.05, 3.63) is 34.5 Å². The zero-order valence-corrected chi connectivity index (χ0v) is 10.2. The quantitative estimate of drug-likeness (QED) is 0.767. The van der Waals surface area contributed by atoms with E-state index in [2.05, 4.69) is 20.6 Å². The molecule has 0 spiro atoms. The average Bonchev–Trinajstić information content (AvgIpc) is 2.88. The molecule has 0 saturated carbocycles. The molecule has 0 saturated heterocycles. The Labute approximate surface area is 103 Å². The highest BCUT2D eigenvalue weighted by molar-refractivity contribution is 5.83. The van der Waals surface area contributed by atoms with Gasteiger partial charge in [0.05, 0.1) is 0 Å². The molecule has 2 N–H and O–H groups in total. The lowest BCUT2D eigenvalue weighted by Gasteiger charge is -2.06. The summed E-state index contributed by atoms with van der Waals surface area (Å²) < 4.78 is 2.90. The van der Waals surface area contributed by atoms with Crippen molar-refractivity contribution in [3.63, 3.8) is 0 Å². The van der Waals surface area contributed by atoms with Crippen molar-refractivity contribution in [2.45, 2.75) is 26.8 Å². The third-order valence-electron chi connectivity index (χ3n) is 2.72. The number of carbonyl (C=O) groups excluding carboxylic acids is 1. The summed E-state index contributed by atoms with van der Waals surface area (Å²) in [6.07, 6.45) is 2.97. The van der Waals surface area contributed by atoms with E-state index in [4.69, 9.17) is 0 Å². The van der Waals surface area contributed by atoms with E-state index < -0.39 is 0 Å². The molecule has 96 valence electrons. The maximum absolute atomic E-state index is 11.6. The first-order valence-corrected chi connectivity index (χ1v) is 5.48. The molecule has 0 unspecified atom stereocenters. The number of aromatic amines is 1. The van der Waals surface area contributed by atoms with Crippen LogP contribution in [0.1, 0.15) is 17.8 Å². The molecule has 0 fully saturated rings. The molecule has 2 aromatic heterocycles. The van der Waals surface area contributed by atoms with E-state index >= 15 is 0 Å². The fourth-order valence-electron chi connectivity index (χ4n) is 1.61. The number of nitrogens with one attached hydrogen (secondary N) is 2. The number of H-pyrrole nitrogens is 1. The molecule has 8 nitrogen and oxygen atoms in total. The highest BCUT2D eigenvalue weighted by atomic mass is 16.2. The van der Waals surface area contributed by atoms with Gasteiger partial charge < -0.3 is 4.98 Å². The van der Waals surface area contributed by atoms with Crippen molar-refractivity contribution in [3.8, 4) is 0 Å². The van der Waals surface area contributed by atoms with Gasteiger partial charge in [-0.25, -0.2) is 9.47 Å². The molecule has 0 aliphatic heterocycles. The van der Waals surface area contributed by atoms with Gasteiger partial charge in [0, 0.05) is 24.4 Å². The number of aromatic nitrogens is 5. The van der Waals surface area contributed by atoms with Gasteiger partial charge in [-0.3, -0.25) is 14.8 Å². The summed E-state index contributed by atoms with van der Waals surface area (Å²) in [6, 6.07) is 0. The summed E-state index contributed by atoms with van der Waals surface area (Å²) in [5, 5.41) is 7.13. The van der Waals surface area contributed by atoms with Crippen LogP contribution in [0.25, 0.3) is 0 Å². The Morgan fingerprint density at radius 2 is 2.06 bits per heavy atom. The van der Waals surface area contributed by atoms with Crippen molar-refractivity contribution in [2.24, 2.45) is 0 Å². The normalized spacial score (nSPS) is 10.6. The van der Waals surface area contributed by atoms with Crippen molar-refractivity contribution in [1.29, 1.82) is 0 Å². The first kappa shape index (κ1) is 12.1. The minimum absolute atomic E-state index is 0.193. The topological polar surface area (TPSA) is 97.6 Å². The third-order valence-corrected chi connectivity index (χ3v) is 2.72. The average molecular weight is 250 g/mol. The smallest absolute Gasteiger partial charge is 0.310 e. The fraction of sp³-hybridized carbons (Fsp3) is 0.400. The van der Waals surface area contributed by atoms with E-state index in [1.807, 2.05) is 13.8 Å². The predicted octanol–water partition coefficient (Wildman–Crippen LogP) is -0.455. The maximum Gasteiger partial charge on any atom is 0.325 e. The Kier molecular flexibility index (Phi) is 3.26. The lowest BCUT2D eigenvalue weighted by molar-refractivity contribution is -0.117. The van der Waals surface area contributed by atoms with Gasteiger partial charge >= 0.3 is 5.69 Å². The van der Waals surface area contributed by atoms with Crippen molar-refractivity contribution in [1.82, 2.24) is 24.4 Å². The summed E-state index contributed by atoms with van der Waals surface area (Å²) in [6.45, 7) is 4.00. The molecule has 18 heavy (non-hydrogen) atoms. The summed E-state index contributed by atoms with van der Waals surface area (Å²) >= 11 is 0.